The molecule has 0 saturated carbocycles. The Labute approximate surface area is 117 Å². The lowest BCUT2D eigenvalue weighted by molar-refractivity contribution is 0.283. The molecule has 1 heterocycles. The van der Waals surface area contributed by atoms with Crippen molar-refractivity contribution in [1.29, 1.82) is 0 Å². The lowest BCUT2D eigenvalue weighted by Crippen LogP contribution is -2.52. The van der Waals surface area contributed by atoms with Gasteiger partial charge in [0, 0.05) is 44.1 Å². The summed E-state index contributed by atoms with van der Waals surface area (Å²) in [5.41, 5.74) is 2.62. The Morgan fingerprint density at radius 2 is 2.00 bits per heavy atom. The number of rotatable bonds is 3. The molecule has 0 aromatic heterocycles. The number of piperidine rings is 1. The van der Waals surface area contributed by atoms with Crippen LogP contribution < -0.4 is 15.1 Å². The normalized spacial score (nSPS) is 27.4. The molecule has 1 aliphatic rings. The summed E-state index contributed by atoms with van der Waals surface area (Å²) in [7, 11) is 6.27. The summed E-state index contributed by atoms with van der Waals surface area (Å²) in [6, 6.07) is 10.1. The van der Waals surface area contributed by atoms with Crippen LogP contribution in [0.15, 0.2) is 24.3 Å². The number of hydrogen-bond donors (Lipinski definition) is 1. The molecular formula is C16H27N3. The Morgan fingerprint density at radius 1 is 1.26 bits per heavy atom. The van der Waals surface area contributed by atoms with Gasteiger partial charge >= 0.3 is 0 Å². The van der Waals surface area contributed by atoms with Gasteiger partial charge in [0.05, 0.1) is 0 Å². The third-order valence-corrected chi connectivity index (χ3v) is 4.62. The predicted molar refractivity (Wildman–Crippen MR) is 84.2 cm³/mol. The van der Waals surface area contributed by atoms with Crippen LogP contribution in [0.25, 0.3) is 0 Å². The van der Waals surface area contributed by atoms with E-state index in [4.69, 9.17) is 0 Å². The minimum absolute atomic E-state index is 0.573. The Morgan fingerprint density at radius 3 is 2.63 bits per heavy atom. The van der Waals surface area contributed by atoms with Crippen molar-refractivity contribution in [3.63, 3.8) is 0 Å². The molecular weight excluding hydrogens is 234 g/mol. The number of anilines is 2. The molecule has 3 unspecified atom stereocenters. The van der Waals surface area contributed by atoms with Gasteiger partial charge in [0.2, 0.25) is 0 Å². The van der Waals surface area contributed by atoms with Gasteiger partial charge in [0.25, 0.3) is 0 Å². The van der Waals surface area contributed by atoms with Crippen LogP contribution in [0.2, 0.25) is 0 Å². The van der Waals surface area contributed by atoms with Crippen LogP contribution in [-0.2, 0) is 0 Å². The summed E-state index contributed by atoms with van der Waals surface area (Å²) in [5.74, 6) is 0.668. The highest BCUT2D eigenvalue weighted by molar-refractivity contribution is 5.59. The van der Waals surface area contributed by atoms with E-state index in [1.54, 1.807) is 0 Å². The summed E-state index contributed by atoms with van der Waals surface area (Å²) in [6.07, 6.45) is 1.22. The number of hydrogen-bond acceptors (Lipinski definition) is 3. The molecule has 0 spiro atoms. The van der Waals surface area contributed by atoms with Crippen LogP contribution in [0.5, 0.6) is 0 Å². The smallest absolute Gasteiger partial charge is 0.0389 e. The molecule has 3 atom stereocenters. The van der Waals surface area contributed by atoms with E-state index >= 15 is 0 Å². The topological polar surface area (TPSA) is 18.5 Å². The van der Waals surface area contributed by atoms with Crippen LogP contribution in [0.3, 0.4) is 0 Å². The monoisotopic (exact) mass is 261 g/mol. The van der Waals surface area contributed by atoms with Crippen molar-refractivity contribution in [3.05, 3.63) is 24.3 Å². The summed E-state index contributed by atoms with van der Waals surface area (Å²) in [6.45, 7) is 5.83. The minimum atomic E-state index is 0.573. The van der Waals surface area contributed by atoms with Crippen molar-refractivity contribution in [1.82, 2.24) is 5.32 Å². The van der Waals surface area contributed by atoms with Crippen molar-refractivity contribution in [2.75, 3.05) is 37.5 Å². The fourth-order valence-corrected chi connectivity index (χ4v) is 3.09. The van der Waals surface area contributed by atoms with Gasteiger partial charge in [-0.05, 0) is 44.5 Å². The Bertz CT molecular complexity index is 416. The molecule has 1 aromatic rings. The highest BCUT2D eigenvalue weighted by Gasteiger charge is 2.31. The molecule has 1 aliphatic heterocycles. The van der Waals surface area contributed by atoms with Crippen LogP contribution in [0.4, 0.5) is 11.4 Å². The zero-order valence-electron chi connectivity index (χ0n) is 12.9. The molecule has 1 aromatic carbocycles. The highest BCUT2D eigenvalue weighted by atomic mass is 15.2. The van der Waals surface area contributed by atoms with E-state index in [9.17, 15) is 0 Å². The first kappa shape index (κ1) is 14.2. The van der Waals surface area contributed by atoms with E-state index in [-0.39, 0.29) is 0 Å². The molecule has 0 aliphatic carbocycles. The Kier molecular flexibility index (Phi) is 4.35. The fourth-order valence-electron chi connectivity index (χ4n) is 3.09. The molecule has 19 heavy (non-hydrogen) atoms. The van der Waals surface area contributed by atoms with E-state index in [1.165, 1.54) is 17.8 Å². The van der Waals surface area contributed by atoms with Crippen molar-refractivity contribution in [3.8, 4) is 0 Å². The molecule has 0 amide bonds. The van der Waals surface area contributed by atoms with E-state index < -0.39 is 0 Å². The van der Waals surface area contributed by atoms with Gasteiger partial charge in [-0.1, -0.05) is 13.0 Å². The van der Waals surface area contributed by atoms with Gasteiger partial charge in [0.15, 0.2) is 0 Å². The largest absolute Gasteiger partial charge is 0.378 e. The van der Waals surface area contributed by atoms with Gasteiger partial charge in [-0.15, -0.1) is 0 Å². The van der Waals surface area contributed by atoms with Crippen molar-refractivity contribution >= 4 is 11.4 Å². The molecule has 3 heteroatoms. The number of benzene rings is 1. The fraction of sp³-hybridized carbons (Fsp3) is 0.625. The maximum atomic E-state index is 3.45. The molecule has 106 valence electrons. The van der Waals surface area contributed by atoms with E-state index in [1.807, 2.05) is 0 Å². The van der Waals surface area contributed by atoms with Gasteiger partial charge in [0.1, 0.15) is 0 Å². The van der Waals surface area contributed by atoms with Crippen molar-refractivity contribution in [2.45, 2.75) is 32.4 Å². The van der Waals surface area contributed by atoms with Gasteiger partial charge in [-0.2, -0.15) is 0 Å². The summed E-state index contributed by atoms with van der Waals surface area (Å²) in [4.78, 5) is 4.71. The first-order chi connectivity index (χ1) is 9.04. The van der Waals surface area contributed by atoms with E-state index in [0.29, 0.717) is 18.0 Å². The van der Waals surface area contributed by atoms with E-state index in [2.05, 4.69) is 74.4 Å². The maximum Gasteiger partial charge on any atom is 0.0389 e. The molecule has 3 nitrogen and oxygen atoms in total. The summed E-state index contributed by atoms with van der Waals surface area (Å²) < 4.78 is 0. The predicted octanol–water partition coefficient (Wildman–Crippen LogP) is 2.58. The molecule has 0 radical (unpaired) electrons. The standard InChI is InChI=1S/C16H27N3/c1-12-13(2)19(10-9-16(12)17-3)15-8-6-7-14(11-15)18(4)5/h6-8,11-13,16-17H,9-10H2,1-5H3. The third-order valence-electron chi connectivity index (χ3n) is 4.62. The van der Waals surface area contributed by atoms with Crippen LogP contribution in [0, 0.1) is 5.92 Å². The molecule has 1 N–H and O–H groups in total. The lowest BCUT2D eigenvalue weighted by atomic mass is 9.87. The van der Waals surface area contributed by atoms with Crippen LogP contribution in [-0.4, -0.2) is 39.8 Å². The SMILES string of the molecule is CNC1CCN(c2cccc(N(C)C)c2)C(C)C1C. The second kappa shape index (κ2) is 5.83. The molecule has 1 fully saturated rings. The minimum Gasteiger partial charge on any atom is -0.378 e. The summed E-state index contributed by atoms with van der Waals surface area (Å²) >= 11 is 0. The lowest BCUT2D eigenvalue weighted by Gasteiger charge is -2.44. The molecule has 0 bridgehead atoms. The maximum absolute atomic E-state index is 3.45. The van der Waals surface area contributed by atoms with Crippen molar-refractivity contribution in [2.24, 2.45) is 5.92 Å². The second-order valence-corrected chi connectivity index (χ2v) is 5.89. The number of nitrogens with one attached hydrogen (secondary N) is 1. The van der Waals surface area contributed by atoms with E-state index in [0.717, 1.165) is 6.54 Å². The number of nitrogens with zero attached hydrogens (tertiary/aromatic N) is 2. The van der Waals surface area contributed by atoms with Gasteiger partial charge < -0.3 is 15.1 Å². The Hall–Kier alpha value is -1.22. The third kappa shape index (κ3) is 2.86. The van der Waals surface area contributed by atoms with Crippen molar-refractivity contribution < 1.29 is 0 Å². The molecule has 2 rings (SSSR count). The zero-order chi connectivity index (χ0) is 14.0. The molecule has 1 saturated heterocycles. The second-order valence-electron chi connectivity index (χ2n) is 5.89. The summed E-state index contributed by atoms with van der Waals surface area (Å²) in [5, 5.41) is 3.45. The first-order valence-electron chi connectivity index (χ1n) is 7.26. The van der Waals surface area contributed by atoms with Gasteiger partial charge in [-0.25, -0.2) is 0 Å². The van der Waals surface area contributed by atoms with Gasteiger partial charge in [-0.3, -0.25) is 0 Å². The highest BCUT2D eigenvalue weighted by Crippen LogP contribution is 2.30. The Balaban J connectivity index is 2.20. The quantitative estimate of drug-likeness (QED) is 0.902. The average molecular weight is 261 g/mol. The average Bonchev–Trinajstić information content (AvgIpc) is 2.42. The van der Waals surface area contributed by atoms with Crippen LogP contribution >= 0.6 is 0 Å². The van der Waals surface area contributed by atoms with Crippen LogP contribution in [0.1, 0.15) is 20.3 Å². The zero-order valence-corrected chi connectivity index (χ0v) is 12.9. The first-order valence-corrected chi connectivity index (χ1v) is 7.26.